The number of nitrogens with zero attached hydrogens (tertiary/aromatic N) is 4. The molecule has 2 aliphatic carbocycles. The molecule has 0 spiro atoms. The Morgan fingerprint density at radius 1 is 1.08 bits per heavy atom. The van der Waals surface area contributed by atoms with Crippen molar-refractivity contribution in [3.8, 4) is 0 Å². The maximum atomic E-state index is 13.0. The normalized spacial score (nSPS) is 33.4. The second-order valence-electron chi connectivity index (χ2n) is 7.57. The number of hydrogen-bond donors (Lipinski definition) is 1. The summed E-state index contributed by atoms with van der Waals surface area (Å²) in [5.74, 6) is 2.59. The van der Waals surface area contributed by atoms with Crippen LogP contribution >= 0.6 is 0 Å². The Morgan fingerprint density at radius 3 is 2.42 bits per heavy atom. The summed E-state index contributed by atoms with van der Waals surface area (Å²) in [4.78, 5) is 25.7. The van der Waals surface area contributed by atoms with Gasteiger partial charge in [0.05, 0.1) is 6.20 Å². The zero-order valence-corrected chi connectivity index (χ0v) is 14.2. The Kier molecular flexibility index (Phi) is 4.39. The molecule has 0 radical (unpaired) electrons. The molecule has 6 heteroatoms. The molecular formula is C18H27N5O. The first-order valence-electron chi connectivity index (χ1n) is 9.27. The van der Waals surface area contributed by atoms with Crippen molar-refractivity contribution < 1.29 is 4.79 Å². The minimum absolute atomic E-state index is 0.197. The van der Waals surface area contributed by atoms with Crippen molar-refractivity contribution in [2.45, 2.75) is 38.1 Å². The van der Waals surface area contributed by atoms with E-state index >= 15 is 0 Å². The first-order chi connectivity index (χ1) is 11.7. The number of fused-ring (bicyclic) bond motifs is 2. The van der Waals surface area contributed by atoms with Crippen LogP contribution in [0.3, 0.4) is 0 Å². The Bertz CT molecular complexity index is 558. The van der Waals surface area contributed by atoms with Crippen molar-refractivity contribution in [3.63, 3.8) is 0 Å². The molecule has 0 aromatic carbocycles. The van der Waals surface area contributed by atoms with Crippen molar-refractivity contribution in [1.82, 2.24) is 14.9 Å². The van der Waals surface area contributed by atoms with Gasteiger partial charge in [-0.25, -0.2) is 4.98 Å². The van der Waals surface area contributed by atoms with Gasteiger partial charge in [-0.1, -0.05) is 6.42 Å². The Labute approximate surface area is 143 Å². The summed E-state index contributed by atoms with van der Waals surface area (Å²) >= 11 is 0. The number of anilines is 1. The monoisotopic (exact) mass is 329 g/mol. The van der Waals surface area contributed by atoms with Gasteiger partial charge < -0.3 is 15.5 Å². The van der Waals surface area contributed by atoms with Crippen LogP contribution in [0.15, 0.2) is 18.6 Å². The molecule has 4 rings (SSSR count). The van der Waals surface area contributed by atoms with E-state index in [9.17, 15) is 4.79 Å². The Morgan fingerprint density at radius 2 is 1.79 bits per heavy atom. The van der Waals surface area contributed by atoms with Gasteiger partial charge in [0.1, 0.15) is 5.82 Å². The van der Waals surface area contributed by atoms with Gasteiger partial charge in [0.2, 0.25) is 5.91 Å². The first-order valence-corrected chi connectivity index (χ1v) is 9.27. The average molecular weight is 329 g/mol. The van der Waals surface area contributed by atoms with Crippen LogP contribution < -0.4 is 10.6 Å². The second-order valence-corrected chi connectivity index (χ2v) is 7.57. The van der Waals surface area contributed by atoms with E-state index in [2.05, 4.69) is 19.8 Å². The van der Waals surface area contributed by atoms with E-state index in [1.165, 1.54) is 19.3 Å². The topological polar surface area (TPSA) is 75.4 Å². The lowest BCUT2D eigenvalue weighted by atomic mass is 9.65. The molecule has 2 unspecified atom stereocenters. The highest BCUT2D eigenvalue weighted by molar-refractivity contribution is 5.79. The van der Waals surface area contributed by atoms with E-state index < -0.39 is 0 Å². The number of carbonyl (C=O) groups is 1. The molecule has 3 fully saturated rings. The molecule has 2 heterocycles. The highest BCUT2D eigenvalue weighted by Crippen LogP contribution is 2.42. The molecule has 1 amide bonds. The van der Waals surface area contributed by atoms with E-state index in [0.717, 1.165) is 44.8 Å². The summed E-state index contributed by atoms with van der Waals surface area (Å²) in [6.45, 7) is 3.24. The van der Waals surface area contributed by atoms with E-state index in [0.29, 0.717) is 23.8 Å². The third kappa shape index (κ3) is 2.99. The van der Waals surface area contributed by atoms with Crippen LogP contribution in [0.1, 0.15) is 32.1 Å². The predicted octanol–water partition coefficient (Wildman–Crippen LogP) is 1.28. The highest BCUT2D eigenvalue weighted by atomic mass is 16.2. The first kappa shape index (κ1) is 15.8. The SMILES string of the molecule is NC1C2CCCC1CC(C(=O)N1CCN(c3cnccn3)CC1)C2. The number of piperazine rings is 1. The summed E-state index contributed by atoms with van der Waals surface area (Å²) in [7, 11) is 0. The molecule has 1 aliphatic heterocycles. The predicted molar refractivity (Wildman–Crippen MR) is 92.4 cm³/mol. The van der Waals surface area contributed by atoms with Gasteiger partial charge >= 0.3 is 0 Å². The van der Waals surface area contributed by atoms with Gasteiger partial charge in [0, 0.05) is 50.5 Å². The molecule has 130 valence electrons. The molecule has 24 heavy (non-hydrogen) atoms. The van der Waals surface area contributed by atoms with Crippen molar-refractivity contribution in [2.75, 3.05) is 31.1 Å². The Hall–Kier alpha value is -1.69. The van der Waals surface area contributed by atoms with E-state index in [1.807, 2.05) is 0 Å². The molecule has 1 aromatic rings. The molecule has 2 saturated carbocycles. The third-order valence-electron chi connectivity index (χ3n) is 6.23. The number of amides is 1. The molecule has 3 aliphatic rings. The molecule has 2 atom stereocenters. The molecule has 2 N–H and O–H groups in total. The summed E-state index contributed by atoms with van der Waals surface area (Å²) in [6.07, 6.45) is 10.9. The van der Waals surface area contributed by atoms with Crippen molar-refractivity contribution in [2.24, 2.45) is 23.5 Å². The quantitative estimate of drug-likeness (QED) is 0.884. The number of nitrogens with two attached hydrogens (primary N) is 1. The second kappa shape index (κ2) is 6.67. The van der Waals surface area contributed by atoms with E-state index in [4.69, 9.17) is 5.73 Å². The number of rotatable bonds is 2. The van der Waals surface area contributed by atoms with Gasteiger partial charge in [-0.05, 0) is 37.5 Å². The zero-order valence-electron chi connectivity index (χ0n) is 14.2. The van der Waals surface area contributed by atoms with Crippen molar-refractivity contribution in [3.05, 3.63) is 18.6 Å². The number of aromatic nitrogens is 2. The molecule has 2 bridgehead atoms. The standard InChI is InChI=1S/C18H27N5O/c19-17-13-2-1-3-14(17)11-15(10-13)18(24)23-8-6-22(7-9-23)16-12-20-4-5-21-16/h4-5,12-15,17H,1-3,6-11,19H2. The third-order valence-corrected chi connectivity index (χ3v) is 6.23. The Balaban J connectivity index is 1.35. The summed E-state index contributed by atoms with van der Waals surface area (Å²) in [5, 5.41) is 0. The van der Waals surface area contributed by atoms with Gasteiger partial charge in [-0.3, -0.25) is 9.78 Å². The molecule has 1 saturated heterocycles. The molecule has 1 aromatic heterocycles. The lowest BCUT2D eigenvalue weighted by Crippen LogP contribution is -2.53. The maximum Gasteiger partial charge on any atom is 0.225 e. The molecular weight excluding hydrogens is 302 g/mol. The lowest BCUT2D eigenvalue weighted by molar-refractivity contribution is -0.138. The van der Waals surface area contributed by atoms with Gasteiger partial charge in [-0.2, -0.15) is 0 Å². The fourth-order valence-corrected chi connectivity index (χ4v) is 4.86. The summed E-state index contributed by atoms with van der Waals surface area (Å²) in [6, 6.07) is 0.330. The minimum Gasteiger partial charge on any atom is -0.352 e. The zero-order chi connectivity index (χ0) is 16.5. The van der Waals surface area contributed by atoms with Crippen LogP contribution in [-0.2, 0) is 4.79 Å². The van der Waals surface area contributed by atoms with Crippen LogP contribution in [0.5, 0.6) is 0 Å². The molecule has 6 nitrogen and oxygen atoms in total. The highest BCUT2D eigenvalue weighted by Gasteiger charge is 2.41. The smallest absolute Gasteiger partial charge is 0.225 e. The van der Waals surface area contributed by atoms with Gasteiger partial charge in [-0.15, -0.1) is 0 Å². The van der Waals surface area contributed by atoms with Gasteiger partial charge in [0.15, 0.2) is 0 Å². The van der Waals surface area contributed by atoms with E-state index in [-0.39, 0.29) is 5.92 Å². The fourth-order valence-electron chi connectivity index (χ4n) is 4.86. The van der Waals surface area contributed by atoms with Crippen molar-refractivity contribution in [1.29, 1.82) is 0 Å². The van der Waals surface area contributed by atoms with Crippen LogP contribution in [-0.4, -0.2) is 53.0 Å². The van der Waals surface area contributed by atoms with E-state index in [1.54, 1.807) is 18.6 Å². The minimum atomic E-state index is 0.197. The summed E-state index contributed by atoms with van der Waals surface area (Å²) in [5.41, 5.74) is 6.36. The average Bonchev–Trinajstić information content (AvgIpc) is 2.62. The summed E-state index contributed by atoms with van der Waals surface area (Å²) < 4.78 is 0. The largest absolute Gasteiger partial charge is 0.352 e. The number of carbonyl (C=O) groups excluding carboxylic acids is 1. The number of hydrogen-bond acceptors (Lipinski definition) is 5. The fraction of sp³-hybridized carbons (Fsp3) is 0.722. The van der Waals surface area contributed by atoms with Crippen molar-refractivity contribution >= 4 is 11.7 Å². The van der Waals surface area contributed by atoms with Crippen LogP contribution in [0.4, 0.5) is 5.82 Å². The van der Waals surface area contributed by atoms with Crippen LogP contribution in [0.25, 0.3) is 0 Å². The maximum absolute atomic E-state index is 13.0. The van der Waals surface area contributed by atoms with Gasteiger partial charge in [0.25, 0.3) is 0 Å². The van der Waals surface area contributed by atoms with Crippen LogP contribution in [0, 0.1) is 17.8 Å². The lowest BCUT2D eigenvalue weighted by Gasteiger charge is -2.45. The van der Waals surface area contributed by atoms with Crippen LogP contribution in [0.2, 0.25) is 0 Å².